The van der Waals surface area contributed by atoms with Gasteiger partial charge in [-0.3, -0.25) is 25.2 Å². The van der Waals surface area contributed by atoms with Crippen LogP contribution in [0.4, 0.5) is 24.5 Å². The molecule has 1 fully saturated rings. The number of hydrogen-bond acceptors (Lipinski definition) is 5. The van der Waals surface area contributed by atoms with Crippen molar-refractivity contribution in [1.82, 2.24) is 21.2 Å². The number of amides is 3. The first-order chi connectivity index (χ1) is 14.1. The average Bonchev–Trinajstić information content (AvgIpc) is 3.05. The number of carbonyl (C=O) groups excluding carboxylic acids is 3. The van der Waals surface area contributed by atoms with E-state index < -0.39 is 34.9 Å². The zero-order valence-corrected chi connectivity index (χ0v) is 15.8. The smallest absolute Gasteiger partial charge is 0.355 e. The van der Waals surface area contributed by atoms with E-state index in [-0.39, 0.29) is 17.8 Å². The van der Waals surface area contributed by atoms with Crippen LogP contribution in [0.5, 0.6) is 0 Å². The maximum absolute atomic E-state index is 12.7. The van der Waals surface area contributed by atoms with E-state index >= 15 is 0 Å². The third-order valence-electron chi connectivity index (χ3n) is 4.72. The fourth-order valence-electron chi connectivity index (χ4n) is 2.85. The zero-order valence-electron chi connectivity index (χ0n) is 15.8. The van der Waals surface area contributed by atoms with Crippen molar-refractivity contribution in [3.8, 4) is 0 Å². The summed E-state index contributed by atoms with van der Waals surface area (Å²) in [4.78, 5) is 40.5. The molecule has 1 saturated heterocycles. The molecular formula is C19H18F3N5O3. The molecule has 2 heterocycles. The van der Waals surface area contributed by atoms with Crippen LogP contribution in [-0.2, 0) is 15.8 Å². The summed E-state index contributed by atoms with van der Waals surface area (Å²) in [5.74, 6) is -1.86. The van der Waals surface area contributed by atoms with Crippen LogP contribution in [0.3, 0.4) is 0 Å². The zero-order chi connectivity index (χ0) is 21.9. The first-order valence-electron chi connectivity index (χ1n) is 8.89. The largest absolute Gasteiger partial charge is 0.416 e. The maximum Gasteiger partial charge on any atom is 0.416 e. The molecule has 4 N–H and O–H groups in total. The molecule has 1 aromatic carbocycles. The summed E-state index contributed by atoms with van der Waals surface area (Å²) < 4.78 is 38.1. The van der Waals surface area contributed by atoms with Crippen molar-refractivity contribution in [2.24, 2.45) is 5.41 Å². The van der Waals surface area contributed by atoms with Gasteiger partial charge in [0, 0.05) is 18.4 Å². The van der Waals surface area contributed by atoms with Gasteiger partial charge in [0.05, 0.1) is 11.3 Å². The van der Waals surface area contributed by atoms with Crippen molar-refractivity contribution < 1.29 is 27.6 Å². The van der Waals surface area contributed by atoms with Crippen LogP contribution in [0, 0.1) is 5.41 Å². The fraction of sp³-hybridized carbons (Fsp3) is 0.263. The van der Waals surface area contributed by atoms with E-state index in [9.17, 15) is 27.6 Å². The molecule has 11 heteroatoms. The molecule has 3 rings (SSSR count). The summed E-state index contributed by atoms with van der Waals surface area (Å²) in [5.41, 5.74) is 2.76. The highest BCUT2D eigenvalue weighted by Crippen LogP contribution is 2.30. The number of carbonyl (C=O) groups is 3. The number of anilines is 2. The number of benzene rings is 1. The van der Waals surface area contributed by atoms with E-state index in [1.165, 1.54) is 37.4 Å². The number of nitrogens with one attached hydrogen (secondary N) is 4. The highest BCUT2D eigenvalue weighted by molar-refractivity contribution is 6.07. The van der Waals surface area contributed by atoms with Gasteiger partial charge in [-0.1, -0.05) is 0 Å². The molecule has 1 atom stereocenters. The Morgan fingerprint density at radius 2 is 1.83 bits per heavy atom. The quantitative estimate of drug-likeness (QED) is 0.446. The van der Waals surface area contributed by atoms with E-state index in [1.54, 1.807) is 0 Å². The Labute approximate surface area is 169 Å². The third-order valence-corrected chi connectivity index (χ3v) is 4.72. The van der Waals surface area contributed by atoms with Gasteiger partial charge >= 0.3 is 6.18 Å². The van der Waals surface area contributed by atoms with Crippen LogP contribution in [0.1, 0.15) is 29.4 Å². The van der Waals surface area contributed by atoms with Crippen LogP contribution in [0.2, 0.25) is 0 Å². The van der Waals surface area contributed by atoms with Gasteiger partial charge in [-0.2, -0.15) is 13.2 Å². The van der Waals surface area contributed by atoms with E-state index in [2.05, 4.69) is 26.5 Å². The molecule has 2 aromatic rings. The van der Waals surface area contributed by atoms with Crippen molar-refractivity contribution in [3.63, 3.8) is 0 Å². The molecule has 0 spiro atoms. The monoisotopic (exact) mass is 421 g/mol. The number of hydrazine groups is 1. The lowest BCUT2D eigenvalue weighted by Crippen LogP contribution is -2.51. The number of aromatic nitrogens is 1. The summed E-state index contributed by atoms with van der Waals surface area (Å²) in [7, 11) is 0. The number of rotatable bonds is 4. The van der Waals surface area contributed by atoms with Gasteiger partial charge in [0.2, 0.25) is 5.91 Å². The molecule has 0 bridgehead atoms. The highest BCUT2D eigenvalue weighted by atomic mass is 19.4. The summed E-state index contributed by atoms with van der Waals surface area (Å²) in [6.07, 6.45) is -2.82. The number of hydrogen-bond donors (Lipinski definition) is 4. The van der Waals surface area contributed by atoms with Crippen molar-refractivity contribution in [1.29, 1.82) is 0 Å². The van der Waals surface area contributed by atoms with Gasteiger partial charge in [-0.15, -0.1) is 0 Å². The van der Waals surface area contributed by atoms with Crippen molar-refractivity contribution in [2.75, 3.05) is 11.9 Å². The molecule has 8 nitrogen and oxygen atoms in total. The summed E-state index contributed by atoms with van der Waals surface area (Å²) in [6, 6.07) is 7.30. The summed E-state index contributed by atoms with van der Waals surface area (Å²) in [6.45, 7) is 1.83. The Hall–Kier alpha value is -3.63. The molecule has 0 aliphatic carbocycles. The van der Waals surface area contributed by atoms with Gasteiger partial charge in [-0.25, -0.2) is 4.98 Å². The average molecular weight is 421 g/mol. The van der Waals surface area contributed by atoms with Gasteiger partial charge in [0.25, 0.3) is 11.8 Å². The second-order valence-corrected chi connectivity index (χ2v) is 6.85. The van der Waals surface area contributed by atoms with Crippen LogP contribution in [0.25, 0.3) is 0 Å². The number of pyridine rings is 1. The van der Waals surface area contributed by atoms with Crippen LogP contribution in [-0.4, -0.2) is 29.3 Å². The Kier molecular flexibility index (Phi) is 5.63. The van der Waals surface area contributed by atoms with Crippen LogP contribution < -0.4 is 21.5 Å². The Morgan fingerprint density at radius 3 is 2.43 bits per heavy atom. The van der Waals surface area contributed by atoms with Crippen molar-refractivity contribution in [3.05, 3.63) is 53.9 Å². The molecule has 30 heavy (non-hydrogen) atoms. The fourth-order valence-corrected chi connectivity index (χ4v) is 2.85. The lowest BCUT2D eigenvalue weighted by molar-refractivity contribution is -0.140. The van der Waals surface area contributed by atoms with Crippen LogP contribution in [0.15, 0.2) is 42.6 Å². The molecule has 1 aliphatic rings. The van der Waals surface area contributed by atoms with Gasteiger partial charge in [0.1, 0.15) is 5.41 Å². The van der Waals surface area contributed by atoms with Crippen molar-refractivity contribution >= 4 is 29.1 Å². The maximum atomic E-state index is 12.7. The Balaban J connectivity index is 1.69. The molecule has 0 saturated carbocycles. The highest BCUT2D eigenvalue weighted by Gasteiger charge is 2.44. The minimum Gasteiger partial charge on any atom is -0.355 e. The minimum absolute atomic E-state index is 0.0984. The van der Waals surface area contributed by atoms with E-state index in [0.29, 0.717) is 12.2 Å². The van der Waals surface area contributed by atoms with Crippen molar-refractivity contribution in [2.45, 2.75) is 19.5 Å². The number of halogens is 3. The molecule has 1 aromatic heterocycles. The normalized spacial score (nSPS) is 18.5. The third kappa shape index (κ3) is 4.34. The first-order valence-corrected chi connectivity index (χ1v) is 8.89. The molecule has 3 amide bonds. The Morgan fingerprint density at radius 1 is 1.13 bits per heavy atom. The lowest BCUT2D eigenvalue weighted by atomic mass is 9.88. The first kappa shape index (κ1) is 21.1. The standard InChI is InChI=1S/C19H18F3N5O3/c1-18(8-10-24-16(18)29)17(30)27-26-15(28)14-13(3-2-9-23-14)25-12-6-4-11(5-7-12)19(20,21)22/h2-7,9,25H,8,10H2,1H3,(H,24,29)(H,26,28)(H,27,30)/t18-/m0/s1. The lowest BCUT2D eigenvalue weighted by Gasteiger charge is -2.20. The summed E-state index contributed by atoms with van der Waals surface area (Å²) >= 11 is 0. The SMILES string of the molecule is C[C@]1(C(=O)NNC(=O)c2ncccc2Nc2ccc(C(F)(F)F)cc2)CCNC1=O. The molecule has 158 valence electrons. The molecule has 1 aliphatic heterocycles. The topological polar surface area (TPSA) is 112 Å². The van der Waals surface area contributed by atoms with E-state index in [1.807, 2.05) is 0 Å². The second-order valence-electron chi connectivity index (χ2n) is 6.85. The number of nitrogens with zero attached hydrogens (tertiary/aromatic N) is 1. The van der Waals surface area contributed by atoms with E-state index in [0.717, 1.165) is 12.1 Å². The van der Waals surface area contributed by atoms with Crippen LogP contribution >= 0.6 is 0 Å². The van der Waals surface area contributed by atoms with Gasteiger partial charge in [0.15, 0.2) is 5.69 Å². The Bertz CT molecular complexity index is 978. The number of alkyl halides is 3. The minimum atomic E-state index is -4.46. The second kappa shape index (κ2) is 8.01. The van der Waals surface area contributed by atoms with Gasteiger partial charge in [-0.05, 0) is 49.7 Å². The predicted octanol–water partition coefficient (Wildman–Crippen LogP) is 2.13. The predicted molar refractivity (Wildman–Crippen MR) is 100 cm³/mol. The van der Waals surface area contributed by atoms with E-state index in [4.69, 9.17) is 0 Å². The van der Waals surface area contributed by atoms with Gasteiger partial charge < -0.3 is 10.6 Å². The molecule has 0 unspecified atom stereocenters. The molecular weight excluding hydrogens is 403 g/mol. The molecule has 0 radical (unpaired) electrons. The summed E-state index contributed by atoms with van der Waals surface area (Å²) in [5, 5.41) is 5.38.